The molecule has 0 atom stereocenters. The van der Waals surface area contributed by atoms with Crippen molar-refractivity contribution in [1.82, 2.24) is 4.90 Å². The Bertz CT molecular complexity index is 898. The van der Waals surface area contributed by atoms with E-state index in [1.165, 1.54) is 24.1 Å². The van der Waals surface area contributed by atoms with E-state index in [-0.39, 0.29) is 18.1 Å². The minimum absolute atomic E-state index is 0.120. The van der Waals surface area contributed by atoms with Gasteiger partial charge in [-0.25, -0.2) is 0 Å². The van der Waals surface area contributed by atoms with E-state index in [4.69, 9.17) is 4.74 Å². The number of nitrogens with zero attached hydrogens (tertiary/aromatic N) is 2. The zero-order valence-electron chi connectivity index (χ0n) is 14.1. The average molecular weight is 443 g/mol. The van der Waals surface area contributed by atoms with Crippen molar-refractivity contribution >= 4 is 27.5 Å². The minimum Gasteiger partial charge on any atom is -0.495 e. The fourth-order valence-corrected chi connectivity index (χ4v) is 3.58. The maximum Gasteiger partial charge on any atom is 0.416 e. The van der Waals surface area contributed by atoms with Gasteiger partial charge in [0.05, 0.1) is 22.7 Å². The van der Waals surface area contributed by atoms with Gasteiger partial charge in [-0.15, -0.1) is 4.91 Å². The van der Waals surface area contributed by atoms with Gasteiger partial charge in [-0.3, -0.25) is 4.79 Å². The second-order valence-corrected chi connectivity index (χ2v) is 6.82. The summed E-state index contributed by atoms with van der Waals surface area (Å²) in [4.78, 5) is 25.3. The minimum atomic E-state index is -4.38. The summed E-state index contributed by atoms with van der Waals surface area (Å²) in [5.74, 6) is 0.0638. The Morgan fingerprint density at radius 1 is 1.26 bits per heavy atom. The SMILES string of the molecule is COc1cc2c(c(N=O)c1Br)CN(CCc1ccc(C(F)(F)F)cc1)C2=O. The molecule has 3 rings (SSSR count). The normalized spacial score (nSPS) is 13.7. The van der Waals surface area contributed by atoms with Crippen molar-refractivity contribution in [3.05, 3.63) is 62.0 Å². The summed E-state index contributed by atoms with van der Waals surface area (Å²) in [6, 6.07) is 6.39. The third kappa shape index (κ3) is 3.69. The summed E-state index contributed by atoms with van der Waals surface area (Å²) in [6.45, 7) is 0.510. The second-order valence-electron chi connectivity index (χ2n) is 6.03. The molecule has 1 amide bonds. The van der Waals surface area contributed by atoms with Gasteiger partial charge in [0.25, 0.3) is 5.91 Å². The topological polar surface area (TPSA) is 59.0 Å². The van der Waals surface area contributed by atoms with Crippen LogP contribution in [0.2, 0.25) is 0 Å². The lowest BCUT2D eigenvalue weighted by Gasteiger charge is -2.15. The fraction of sp³-hybridized carbons (Fsp3) is 0.278. The number of carbonyl (C=O) groups is 1. The van der Waals surface area contributed by atoms with Crippen molar-refractivity contribution in [1.29, 1.82) is 0 Å². The Morgan fingerprint density at radius 2 is 1.93 bits per heavy atom. The van der Waals surface area contributed by atoms with E-state index in [1.54, 1.807) is 6.07 Å². The number of benzene rings is 2. The summed E-state index contributed by atoms with van der Waals surface area (Å²) in [5.41, 5.74) is 0.940. The number of alkyl halides is 3. The number of halogens is 4. The first-order valence-electron chi connectivity index (χ1n) is 7.94. The molecule has 1 heterocycles. The Kier molecular flexibility index (Phi) is 5.23. The predicted octanol–water partition coefficient (Wildman–Crippen LogP) is 5.07. The molecule has 9 heteroatoms. The van der Waals surface area contributed by atoms with Gasteiger partial charge >= 0.3 is 6.18 Å². The van der Waals surface area contributed by atoms with E-state index in [1.807, 2.05) is 0 Å². The number of carbonyl (C=O) groups excluding carboxylic acids is 1. The lowest BCUT2D eigenvalue weighted by Crippen LogP contribution is -2.26. The molecule has 0 spiro atoms. The molecule has 0 aliphatic carbocycles. The van der Waals surface area contributed by atoms with Crippen molar-refractivity contribution in [3.8, 4) is 5.75 Å². The molecule has 0 saturated heterocycles. The number of hydrogen-bond donors (Lipinski definition) is 0. The first kappa shape index (κ1) is 19.3. The molecule has 1 aliphatic rings. The molecular weight excluding hydrogens is 429 g/mol. The van der Waals surface area contributed by atoms with Crippen molar-refractivity contribution in [2.75, 3.05) is 13.7 Å². The molecule has 0 N–H and O–H groups in total. The molecule has 0 saturated carbocycles. The van der Waals surface area contributed by atoms with Crippen LogP contribution in [-0.4, -0.2) is 24.5 Å². The molecule has 2 aromatic rings. The number of nitroso groups, excluding NO2 is 1. The van der Waals surface area contributed by atoms with Crippen LogP contribution >= 0.6 is 15.9 Å². The summed E-state index contributed by atoms with van der Waals surface area (Å²) < 4.78 is 43.4. The van der Waals surface area contributed by atoms with Gasteiger partial charge < -0.3 is 9.64 Å². The number of methoxy groups -OCH3 is 1. The Hall–Kier alpha value is -2.42. The number of fused-ring (bicyclic) bond motifs is 1. The molecule has 0 radical (unpaired) electrons. The first-order chi connectivity index (χ1) is 12.8. The fourth-order valence-electron chi connectivity index (χ4n) is 2.99. The quantitative estimate of drug-likeness (QED) is 0.607. The molecule has 142 valence electrons. The van der Waals surface area contributed by atoms with Crippen LogP contribution in [0.4, 0.5) is 18.9 Å². The van der Waals surface area contributed by atoms with Crippen LogP contribution in [0.25, 0.3) is 0 Å². The Labute approximate surface area is 161 Å². The van der Waals surface area contributed by atoms with Crippen molar-refractivity contribution < 1.29 is 22.7 Å². The summed E-state index contributed by atoms with van der Waals surface area (Å²) >= 11 is 3.25. The number of amides is 1. The molecule has 0 unspecified atom stereocenters. The van der Waals surface area contributed by atoms with Crippen LogP contribution in [-0.2, 0) is 19.1 Å². The zero-order chi connectivity index (χ0) is 19.8. The van der Waals surface area contributed by atoms with Crippen LogP contribution in [0.1, 0.15) is 27.0 Å². The van der Waals surface area contributed by atoms with Gasteiger partial charge in [-0.2, -0.15) is 13.2 Å². The van der Waals surface area contributed by atoms with Gasteiger partial charge in [0.15, 0.2) is 0 Å². The first-order valence-corrected chi connectivity index (χ1v) is 8.73. The molecule has 5 nitrogen and oxygen atoms in total. The number of rotatable bonds is 5. The van der Waals surface area contributed by atoms with Gasteiger partial charge in [-0.05, 0) is 51.3 Å². The van der Waals surface area contributed by atoms with Gasteiger partial charge in [-0.1, -0.05) is 12.1 Å². The molecule has 27 heavy (non-hydrogen) atoms. The number of hydrogen-bond acceptors (Lipinski definition) is 4. The maximum absolute atomic E-state index is 12.6. The predicted molar refractivity (Wildman–Crippen MR) is 96.0 cm³/mol. The van der Waals surface area contributed by atoms with Crippen LogP contribution in [0.15, 0.2) is 40.0 Å². The third-order valence-electron chi connectivity index (χ3n) is 4.44. The van der Waals surface area contributed by atoms with E-state index < -0.39 is 11.7 Å². The monoisotopic (exact) mass is 442 g/mol. The molecule has 1 aliphatic heterocycles. The lowest BCUT2D eigenvalue weighted by atomic mass is 10.1. The van der Waals surface area contributed by atoms with Crippen LogP contribution in [0, 0.1) is 4.91 Å². The van der Waals surface area contributed by atoms with Crippen LogP contribution in [0.3, 0.4) is 0 Å². The highest BCUT2D eigenvalue weighted by Gasteiger charge is 2.33. The van der Waals surface area contributed by atoms with E-state index in [2.05, 4.69) is 21.1 Å². The molecular formula is C18H14BrF3N2O3. The van der Waals surface area contributed by atoms with Crippen molar-refractivity contribution in [2.24, 2.45) is 5.18 Å². The Balaban J connectivity index is 1.76. The van der Waals surface area contributed by atoms with Gasteiger partial charge in [0.2, 0.25) is 0 Å². The molecule has 2 aromatic carbocycles. The highest BCUT2D eigenvalue weighted by atomic mass is 79.9. The van der Waals surface area contributed by atoms with Crippen LogP contribution in [0.5, 0.6) is 5.75 Å². The molecule has 0 aromatic heterocycles. The average Bonchev–Trinajstić information content (AvgIpc) is 2.94. The highest BCUT2D eigenvalue weighted by molar-refractivity contribution is 9.10. The van der Waals surface area contributed by atoms with Crippen molar-refractivity contribution in [3.63, 3.8) is 0 Å². The van der Waals surface area contributed by atoms with E-state index in [0.717, 1.165) is 12.1 Å². The molecule has 0 bridgehead atoms. The summed E-state index contributed by atoms with van der Waals surface area (Å²) in [6.07, 6.45) is -3.99. The van der Waals surface area contributed by atoms with Crippen molar-refractivity contribution in [2.45, 2.75) is 19.1 Å². The zero-order valence-corrected chi connectivity index (χ0v) is 15.7. The lowest BCUT2D eigenvalue weighted by molar-refractivity contribution is -0.137. The molecule has 0 fully saturated rings. The van der Waals surface area contributed by atoms with E-state index in [9.17, 15) is 22.9 Å². The standard InChI is InChI=1S/C18H14BrF3N2O3/c1-27-14-8-12-13(16(23-26)15(14)19)9-24(17(12)25)7-6-10-2-4-11(5-3-10)18(20,21)22/h2-5,8H,6-7,9H2,1H3. The van der Waals surface area contributed by atoms with Crippen LogP contribution < -0.4 is 4.74 Å². The van der Waals surface area contributed by atoms with E-state index in [0.29, 0.717) is 39.9 Å². The largest absolute Gasteiger partial charge is 0.495 e. The summed E-state index contributed by atoms with van der Waals surface area (Å²) in [7, 11) is 1.42. The van der Waals surface area contributed by atoms with Gasteiger partial charge in [0.1, 0.15) is 11.4 Å². The maximum atomic E-state index is 12.6. The number of ether oxygens (including phenoxy) is 1. The Morgan fingerprint density at radius 3 is 2.48 bits per heavy atom. The second kappa shape index (κ2) is 7.30. The highest BCUT2D eigenvalue weighted by Crippen LogP contribution is 2.43. The smallest absolute Gasteiger partial charge is 0.416 e. The third-order valence-corrected chi connectivity index (χ3v) is 5.21. The van der Waals surface area contributed by atoms with E-state index >= 15 is 0 Å². The summed E-state index contributed by atoms with van der Waals surface area (Å²) in [5, 5.41) is 3.01. The van der Waals surface area contributed by atoms with Gasteiger partial charge in [0, 0.05) is 18.7 Å².